The number of methoxy groups -OCH3 is 2. The normalized spacial score (nSPS) is 16.2. The molecule has 1 atom stereocenters. The Bertz CT molecular complexity index is 723. The van der Waals surface area contributed by atoms with E-state index in [0.29, 0.717) is 17.1 Å². The summed E-state index contributed by atoms with van der Waals surface area (Å²) in [5, 5.41) is 0.289. The quantitative estimate of drug-likeness (QED) is 0.183. The number of benzene rings is 1. The highest BCUT2D eigenvalue weighted by molar-refractivity contribution is 6.74. The lowest BCUT2D eigenvalue weighted by molar-refractivity contribution is 0.0361. The minimum atomic E-state index is -1.60. The Hall–Kier alpha value is -1.53. The van der Waals surface area contributed by atoms with Crippen molar-refractivity contribution < 1.29 is 23.4 Å². The maximum absolute atomic E-state index is 12.3. The van der Waals surface area contributed by atoms with Crippen LogP contribution >= 0.6 is 0 Å². The van der Waals surface area contributed by atoms with E-state index in [2.05, 4.69) is 33.9 Å². The largest absolute Gasteiger partial charge is 0.497 e. The molecule has 0 unspecified atom stereocenters. The van der Waals surface area contributed by atoms with E-state index >= 15 is 0 Å². The van der Waals surface area contributed by atoms with Crippen molar-refractivity contribution in [3.8, 4) is 11.5 Å². The van der Waals surface area contributed by atoms with Crippen molar-refractivity contribution in [2.45, 2.75) is 96.4 Å². The summed E-state index contributed by atoms with van der Waals surface area (Å²) in [6.07, 6.45) is 8.98. The van der Waals surface area contributed by atoms with Gasteiger partial charge in [0, 0.05) is 18.2 Å². The van der Waals surface area contributed by atoms with Crippen LogP contribution in [0.5, 0.6) is 11.5 Å². The summed E-state index contributed by atoms with van der Waals surface area (Å²) < 4.78 is 22.6. The molecule has 1 aromatic rings. The van der Waals surface area contributed by atoms with Crippen molar-refractivity contribution in [2.75, 3.05) is 20.8 Å². The third-order valence-electron chi connectivity index (χ3n) is 6.74. The van der Waals surface area contributed by atoms with Gasteiger partial charge in [-0.1, -0.05) is 52.9 Å². The highest BCUT2D eigenvalue weighted by Crippen LogP contribution is 2.41. The zero-order chi connectivity index (χ0) is 23.1. The molecule has 0 saturated heterocycles. The summed E-state index contributed by atoms with van der Waals surface area (Å²) >= 11 is 0. The number of carbonyl (C=O) groups is 1. The highest BCUT2D eigenvalue weighted by atomic mass is 28.4. The Morgan fingerprint density at radius 3 is 2.13 bits per heavy atom. The molecule has 0 bridgehead atoms. The van der Waals surface area contributed by atoms with E-state index in [1.54, 1.807) is 20.3 Å². The Kier molecular flexibility index (Phi) is 9.43. The van der Waals surface area contributed by atoms with E-state index in [0.717, 1.165) is 37.9 Å². The van der Waals surface area contributed by atoms with Crippen molar-refractivity contribution in [1.82, 2.24) is 0 Å². The van der Waals surface area contributed by atoms with Crippen molar-refractivity contribution >= 4 is 14.3 Å². The van der Waals surface area contributed by atoms with Gasteiger partial charge in [-0.2, -0.15) is 0 Å². The van der Waals surface area contributed by atoms with Gasteiger partial charge in [0.05, 0.1) is 14.2 Å². The zero-order valence-corrected chi connectivity index (χ0v) is 21.6. The van der Waals surface area contributed by atoms with E-state index in [1.165, 1.54) is 25.7 Å². The molecule has 31 heavy (non-hydrogen) atoms. The second-order valence-corrected chi connectivity index (χ2v) is 14.9. The van der Waals surface area contributed by atoms with Crippen LogP contribution in [0.4, 0.5) is 0 Å². The number of carbonyl (C=O) groups excluding carboxylic acids is 1. The fourth-order valence-electron chi connectivity index (χ4n) is 3.69. The van der Waals surface area contributed by atoms with Crippen LogP contribution in [0.15, 0.2) is 12.1 Å². The van der Waals surface area contributed by atoms with E-state index in [4.69, 9.17) is 18.6 Å². The molecule has 1 aliphatic heterocycles. The number of cyclic esters (lactones) is 1. The van der Waals surface area contributed by atoms with Crippen molar-refractivity contribution in [3.63, 3.8) is 0 Å². The third kappa shape index (κ3) is 6.98. The molecule has 1 aromatic carbocycles. The molecule has 1 aliphatic rings. The highest BCUT2D eigenvalue weighted by Gasteiger charge is 2.37. The summed E-state index contributed by atoms with van der Waals surface area (Å²) in [6, 6.07) is 3.64. The molecule has 2 rings (SSSR count). The molecule has 0 saturated carbocycles. The lowest BCUT2D eigenvalue weighted by Crippen LogP contribution is -2.40. The summed E-state index contributed by atoms with van der Waals surface area (Å²) in [5.74, 6) is 0.926. The van der Waals surface area contributed by atoms with Crippen LogP contribution in [0.25, 0.3) is 0 Å². The number of hydrogen-bond acceptors (Lipinski definition) is 5. The fraction of sp³-hybridized carbons (Fsp3) is 0.720. The van der Waals surface area contributed by atoms with Gasteiger partial charge in [-0.25, -0.2) is 4.79 Å². The average molecular weight is 451 g/mol. The van der Waals surface area contributed by atoms with Crippen molar-refractivity contribution in [3.05, 3.63) is 23.3 Å². The van der Waals surface area contributed by atoms with Gasteiger partial charge in [0.2, 0.25) is 0 Å². The molecular weight excluding hydrogens is 408 g/mol. The van der Waals surface area contributed by atoms with Crippen molar-refractivity contribution in [1.29, 1.82) is 0 Å². The average Bonchev–Trinajstić information content (AvgIpc) is 3.03. The molecule has 0 aromatic heterocycles. The van der Waals surface area contributed by atoms with E-state index in [9.17, 15) is 4.79 Å². The number of hydrogen-bond donors (Lipinski definition) is 0. The van der Waals surface area contributed by atoms with Crippen LogP contribution < -0.4 is 9.47 Å². The number of unbranched alkanes of at least 4 members (excludes halogenated alkanes) is 6. The van der Waals surface area contributed by atoms with E-state index in [-0.39, 0.29) is 17.1 Å². The van der Waals surface area contributed by atoms with Gasteiger partial charge in [0.1, 0.15) is 23.2 Å². The van der Waals surface area contributed by atoms with Gasteiger partial charge >= 0.3 is 5.97 Å². The first-order valence-electron chi connectivity index (χ1n) is 11.7. The van der Waals surface area contributed by atoms with Gasteiger partial charge in [0.15, 0.2) is 8.32 Å². The predicted molar refractivity (Wildman–Crippen MR) is 128 cm³/mol. The van der Waals surface area contributed by atoms with Crippen LogP contribution in [0, 0.1) is 0 Å². The lowest BCUT2D eigenvalue weighted by atomic mass is 9.99. The molecule has 0 aliphatic carbocycles. The molecule has 0 fully saturated rings. The summed E-state index contributed by atoms with van der Waals surface area (Å²) in [4.78, 5) is 12.3. The van der Waals surface area contributed by atoms with Crippen LogP contribution in [-0.2, 0) is 9.16 Å². The second kappa shape index (κ2) is 11.4. The topological polar surface area (TPSA) is 54.0 Å². The Morgan fingerprint density at radius 2 is 1.55 bits per heavy atom. The van der Waals surface area contributed by atoms with E-state index < -0.39 is 8.32 Å². The first kappa shape index (κ1) is 25.7. The van der Waals surface area contributed by atoms with Gasteiger partial charge in [-0.15, -0.1) is 0 Å². The summed E-state index contributed by atoms with van der Waals surface area (Å²) in [5.41, 5.74) is 1.44. The van der Waals surface area contributed by atoms with Gasteiger partial charge in [0.25, 0.3) is 0 Å². The summed E-state index contributed by atoms with van der Waals surface area (Å²) in [6.45, 7) is 12.4. The minimum absolute atomic E-state index is 0.195. The molecule has 176 valence electrons. The van der Waals surface area contributed by atoms with Crippen molar-refractivity contribution in [2.24, 2.45) is 0 Å². The SMILES string of the molecule is COc1cc(OC)c2c(c1)[C@@H](CCCCCCCCCO[Si](C)(C)C(C)(C)C)OC2=O. The van der Waals surface area contributed by atoms with Crippen LogP contribution in [0.3, 0.4) is 0 Å². The van der Waals surface area contributed by atoms with Gasteiger partial charge < -0.3 is 18.6 Å². The third-order valence-corrected chi connectivity index (χ3v) is 11.3. The molecular formula is C25H42O5Si. The van der Waals surface area contributed by atoms with Crippen LogP contribution in [0.1, 0.15) is 94.2 Å². The Morgan fingerprint density at radius 1 is 0.935 bits per heavy atom. The fourth-order valence-corrected chi connectivity index (χ4v) is 4.78. The number of rotatable bonds is 13. The number of fused-ring (bicyclic) bond motifs is 1. The van der Waals surface area contributed by atoms with Crippen LogP contribution in [0.2, 0.25) is 18.1 Å². The molecule has 0 N–H and O–H groups in total. The Labute approximate surface area is 189 Å². The van der Waals surface area contributed by atoms with E-state index in [1.807, 2.05) is 6.07 Å². The summed E-state index contributed by atoms with van der Waals surface area (Å²) in [7, 11) is 1.59. The first-order chi connectivity index (χ1) is 14.6. The smallest absolute Gasteiger partial charge is 0.342 e. The van der Waals surface area contributed by atoms with Crippen LogP contribution in [-0.4, -0.2) is 35.1 Å². The maximum atomic E-state index is 12.3. The monoisotopic (exact) mass is 450 g/mol. The standard InChI is InChI=1S/C25H42O5Si/c1-25(2,3)31(6,7)29-16-14-12-10-8-9-11-13-15-21-20-17-19(27-4)18-22(28-5)23(20)24(26)30-21/h17-18,21H,8-16H2,1-7H3/t21-/m1/s1. The minimum Gasteiger partial charge on any atom is -0.497 e. The lowest BCUT2D eigenvalue weighted by Gasteiger charge is -2.36. The first-order valence-corrected chi connectivity index (χ1v) is 14.6. The zero-order valence-electron chi connectivity index (χ0n) is 20.6. The van der Waals surface area contributed by atoms with Gasteiger partial charge in [-0.3, -0.25) is 0 Å². The molecule has 0 amide bonds. The molecule has 0 radical (unpaired) electrons. The second-order valence-electron chi connectivity index (χ2n) is 10.1. The maximum Gasteiger partial charge on any atom is 0.342 e. The molecule has 0 spiro atoms. The molecule has 5 nitrogen and oxygen atoms in total. The Balaban J connectivity index is 1.63. The predicted octanol–water partition coefficient (Wildman–Crippen LogP) is 7.06. The number of ether oxygens (including phenoxy) is 3. The number of esters is 1. The van der Waals surface area contributed by atoms with Gasteiger partial charge in [-0.05, 0) is 43.5 Å². The molecule has 6 heteroatoms. The molecule has 1 heterocycles.